The van der Waals surface area contributed by atoms with Crippen molar-refractivity contribution >= 4 is 5.78 Å². The number of fused-ring (bicyclic) bond motifs is 1. The van der Waals surface area contributed by atoms with Gasteiger partial charge in [-0.3, -0.25) is 9.78 Å². The number of carbonyl (C=O) groups is 1. The van der Waals surface area contributed by atoms with Crippen molar-refractivity contribution in [3.05, 3.63) is 76.9 Å². The molecule has 1 N–H and O–H groups in total. The summed E-state index contributed by atoms with van der Waals surface area (Å²) in [4.78, 5) is 17.8. The van der Waals surface area contributed by atoms with Crippen molar-refractivity contribution in [2.75, 3.05) is 0 Å². The fraction of sp³-hybridized carbons (Fsp3) is 0.385. The Hall–Kier alpha value is -3.08. The Balaban J connectivity index is 1.77. The van der Waals surface area contributed by atoms with E-state index in [-0.39, 0.29) is 17.4 Å². The SMILES string of the molecule is CC[C@]1(c2cccc(-c3ccncc3)c2)C2=C(CC(C)(C)CC2=O)NC2N=NC(C)=C21. The van der Waals surface area contributed by atoms with Gasteiger partial charge >= 0.3 is 0 Å². The normalized spacial score (nSPS) is 26.6. The Morgan fingerprint density at radius 2 is 1.87 bits per heavy atom. The average molecular weight is 413 g/mol. The van der Waals surface area contributed by atoms with Crippen molar-refractivity contribution < 1.29 is 4.79 Å². The molecule has 5 nitrogen and oxygen atoms in total. The van der Waals surface area contributed by atoms with E-state index in [2.05, 4.69) is 65.6 Å². The van der Waals surface area contributed by atoms with Crippen LogP contribution in [0.3, 0.4) is 0 Å². The number of carbonyl (C=O) groups excluding carboxylic acids is 1. The maximum absolute atomic E-state index is 13.7. The second-order valence-electron chi connectivity index (χ2n) is 9.63. The Bertz CT molecular complexity index is 1160. The molecule has 2 aliphatic heterocycles. The van der Waals surface area contributed by atoms with Gasteiger partial charge in [0.25, 0.3) is 0 Å². The highest BCUT2D eigenvalue weighted by molar-refractivity contribution is 6.01. The third-order valence-corrected chi connectivity index (χ3v) is 6.96. The van der Waals surface area contributed by atoms with Gasteiger partial charge in [0, 0.05) is 35.7 Å². The van der Waals surface area contributed by atoms with Crippen molar-refractivity contribution in [1.29, 1.82) is 0 Å². The van der Waals surface area contributed by atoms with Gasteiger partial charge < -0.3 is 5.32 Å². The lowest BCUT2D eigenvalue weighted by Gasteiger charge is -2.48. The van der Waals surface area contributed by atoms with Crippen LogP contribution in [0.25, 0.3) is 11.1 Å². The number of azo groups is 1. The minimum Gasteiger partial charge on any atom is -0.362 e. The van der Waals surface area contributed by atoms with Crippen LogP contribution in [-0.4, -0.2) is 16.9 Å². The molecule has 0 bridgehead atoms. The lowest BCUT2D eigenvalue weighted by Crippen LogP contribution is -2.51. The number of pyridine rings is 1. The summed E-state index contributed by atoms with van der Waals surface area (Å²) in [5, 5.41) is 12.6. The molecule has 0 saturated carbocycles. The number of Topliss-reactive ketones (excluding diaryl/α,β-unsaturated/α-hetero) is 1. The molecule has 5 rings (SSSR count). The van der Waals surface area contributed by atoms with E-state index < -0.39 is 5.41 Å². The Labute approximate surface area is 183 Å². The number of aromatic nitrogens is 1. The van der Waals surface area contributed by atoms with Gasteiger partial charge in [0.1, 0.15) is 0 Å². The van der Waals surface area contributed by atoms with E-state index in [0.29, 0.717) is 6.42 Å². The first-order chi connectivity index (χ1) is 14.9. The molecule has 1 aromatic carbocycles. The first-order valence-corrected chi connectivity index (χ1v) is 11.0. The molecule has 0 fully saturated rings. The number of hydrogen-bond acceptors (Lipinski definition) is 5. The first-order valence-electron chi connectivity index (χ1n) is 11.0. The summed E-state index contributed by atoms with van der Waals surface area (Å²) in [6, 6.07) is 12.6. The van der Waals surface area contributed by atoms with Crippen LogP contribution in [0.4, 0.5) is 0 Å². The van der Waals surface area contributed by atoms with E-state index in [1.807, 2.05) is 31.5 Å². The quantitative estimate of drug-likeness (QED) is 0.702. The first kappa shape index (κ1) is 19.9. The van der Waals surface area contributed by atoms with E-state index in [9.17, 15) is 4.79 Å². The Morgan fingerprint density at radius 1 is 1.10 bits per heavy atom. The molecule has 0 radical (unpaired) electrons. The fourth-order valence-corrected chi connectivity index (χ4v) is 5.72. The zero-order valence-corrected chi connectivity index (χ0v) is 18.6. The van der Waals surface area contributed by atoms with E-state index >= 15 is 0 Å². The maximum atomic E-state index is 13.7. The van der Waals surface area contributed by atoms with Crippen LogP contribution in [-0.2, 0) is 10.2 Å². The van der Waals surface area contributed by atoms with Crippen LogP contribution in [0.2, 0.25) is 0 Å². The molecule has 2 aromatic rings. The summed E-state index contributed by atoms with van der Waals surface area (Å²) < 4.78 is 0. The number of allylic oxidation sites excluding steroid dienone is 3. The minimum atomic E-state index is -0.518. The number of benzene rings is 1. The average Bonchev–Trinajstić information content (AvgIpc) is 3.13. The van der Waals surface area contributed by atoms with Crippen LogP contribution >= 0.6 is 0 Å². The number of nitrogens with one attached hydrogen (secondary N) is 1. The zero-order chi connectivity index (χ0) is 21.8. The molecule has 31 heavy (non-hydrogen) atoms. The molecule has 1 unspecified atom stereocenters. The summed E-state index contributed by atoms with van der Waals surface area (Å²) in [5.74, 6) is 0.237. The van der Waals surface area contributed by atoms with Gasteiger partial charge in [-0.05, 0) is 60.1 Å². The van der Waals surface area contributed by atoms with Crippen molar-refractivity contribution in [3.8, 4) is 11.1 Å². The van der Waals surface area contributed by atoms with Crippen LogP contribution < -0.4 is 5.32 Å². The van der Waals surface area contributed by atoms with Gasteiger partial charge in [-0.1, -0.05) is 39.0 Å². The summed E-state index contributed by atoms with van der Waals surface area (Å²) >= 11 is 0. The van der Waals surface area contributed by atoms with Crippen LogP contribution in [0.5, 0.6) is 0 Å². The highest BCUT2D eigenvalue weighted by Crippen LogP contribution is 2.55. The summed E-state index contributed by atoms with van der Waals surface area (Å²) in [7, 11) is 0. The lowest BCUT2D eigenvalue weighted by atomic mass is 9.58. The zero-order valence-electron chi connectivity index (χ0n) is 18.6. The van der Waals surface area contributed by atoms with Crippen LogP contribution in [0.15, 0.2) is 81.6 Å². The minimum absolute atomic E-state index is 0.0622. The fourth-order valence-electron chi connectivity index (χ4n) is 5.72. The molecule has 5 heteroatoms. The summed E-state index contributed by atoms with van der Waals surface area (Å²) in [6.07, 6.45) is 5.61. The number of ketones is 1. The second-order valence-corrected chi connectivity index (χ2v) is 9.63. The van der Waals surface area contributed by atoms with Crippen LogP contribution in [0.1, 0.15) is 52.5 Å². The third-order valence-electron chi connectivity index (χ3n) is 6.96. The predicted octanol–water partition coefficient (Wildman–Crippen LogP) is 5.71. The van der Waals surface area contributed by atoms with Gasteiger partial charge in [-0.25, -0.2) is 0 Å². The van der Waals surface area contributed by atoms with Gasteiger partial charge in [0.2, 0.25) is 0 Å². The van der Waals surface area contributed by atoms with Gasteiger partial charge in [-0.15, -0.1) is 0 Å². The topological polar surface area (TPSA) is 66.7 Å². The van der Waals surface area contributed by atoms with Gasteiger partial charge in [0.05, 0.1) is 11.1 Å². The summed E-state index contributed by atoms with van der Waals surface area (Å²) in [5.41, 5.74) is 6.79. The molecule has 1 aliphatic carbocycles. The van der Waals surface area contributed by atoms with Crippen molar-refractivity contribution in [3.63, 3.8) is 0 Å². The van der Waals surface area contributed by atoms with E-state index in [4.69, 9.17) is 0 Å². The number of hydrogen-bond donors (Lipinski definition) is 1. The van der Waals surface area contributed by atoms with Crippen molar-refractivity contribution in [2.45, 2.75) is 58.5 Å². The summed E-state index contributed by atoms with van der Waals surface area (Å²) in [6.45, 7) is 8.53. The molecule has 3 heterocycles. The monoisotopic (exact) mass is 412 g/mol. The van der Waals surface area contributed by atoms with Crippen molar-refractivity contribution in [2.24, 2.45) is 15.6 Å². The van der Waals surface area contributed by atoms with Gasteiger partial charge in [0.15, 0.2) is 11.9 Å². The Morgan fingerprint density at radius 3 is 2.61 bits per heavy atom. The molecule has 158 valence electrons. The smallest absolute Gasteiger partial charge is 0.165 e. The van der Waals surface area contributed by atoms with E-state index in [1.54, 1.807) is 0 Å². The van der Waals surface area contributed by atoms with Crippen LogP contribution in [0, 0.1) is 5.41 Å². The largest absolute Gasteiger partial charge is 0.362 e. The predicted molar refractivity (Wildman–Crippen MR) is 121 cm³/mol. The third kappa shape index (κ3) is 2.98. The molecular weight excluding hydrogens is 384 g/mol. The lowest BCUT2D eigenvalue weighted by molar-refractivity contribution is -0.119. The molecule has 0 amide bonds. The molecule has 2 atom stereocenters. The molecule has 1 aromatic heterocycles. The Kier molecular flexibility index (Phi) is 4.47. The molecule has 3 aliphatic rings. The second kappa shape index (κ2) is 6.98. The van der Waals surface area contributed by atoms with Crippen molar-refractivity contribution in [1.82, 2.24) is 10.3 Å². The highest BCUT2D eigenvalue weighted by Gasteiger charge is 2.53. The van der Waals surface area contributed by atoms with E-state index in [1.165, 1.54) is 0 Å². The number of nitrogens with zero attached hydrogens (tertiary/aromatic N) is 3. The molecule has 0 saturated heterocycles. The van der Waals surface area contributed by atoms with E-state index in [0.717, 1.165) is 52.1 Å². The van der Waals surface area contributed by atoms with Gasteiger partial charge in [-0.2, -0.15) is 10.2 Å². The standard InChI is InChI=1S/C26H28N4O/c1-5-26(19-8-6-7-18(13-19)17-9-11-27-12-10-17)22-16(2)29-30-24(22)28-20-14-25(3,4)15-21(31)23(20)26/h6-13,24,28H,5,14-15H2,1-4H3/t24?,26-/m1/s1. The maximum Gasteiger partial charge on any atom is 0.165 e. The highest BCUT2D eigenvalue weighted by atomic mass is 16.1. The molecular formula is C26H28N4O. The number of rotatable bonds is 3. The molecule has 0 spiro atoms.